The number of rotatable bonds is 6. The number of carbonyl (C=O) groups excluding carboxylic acids is 1. The lowest BCUT2D eigenvalue weighted by Crippen LogP contribution is -2.34. The fourth-order valence-corrected chi connectivity index (χ4v) is 4.74. The molecule has 1 aromatic carbocycles. The summed E-state index contributed by atoms with van der Waals surface area (Å²) >= 11 is 2.83. The molecule has 1 aliphatic heterocycles. The molecule has 27 heavy (non-hydrogen) atoms. The van der Waals surface area contributed by atoms with Gasteiger partial charge in [0.2, 0.25) is 5.13 Å². The van der Waals surface area contributed by atoms with E-state index in [0.29, 0.717) is 16.7 Å². The highest BCUT2D eigenvalue weighted by Gasteiger charge is 2.25. The summed E-state index contributed by atoms with van der Waals surface area (Å²) < 4.78 is 0.772. The van der Waals surface area contributed by atoms with Gasteiger partial charge in [0.15, 0.2) is 4.34 Å². The first kappa shape index (κ1) is 19.6. The zero-order valence-electron chi connectivity index (χ0n) is 15.2. The second kappa shape index (κ2) is 8.66. The van der Waals surface area contributed by atoms with Gasteiger partial charge >= 0.3 is 0 Å². The minimum absolute atomic E-state index is 0.0451. The highest BCUT2D eigenvalue weighted by Crippen LogP contribution is 2.33. The number of piperidine rings is 1. The van der Waals surface area contributed by atoms with Crippen molar-refractivity contribution >= 4 is 45.5 Å². The number of aromatic nitrogens is 2. The lowest BCUT2D eigenvalue weighted by Gasteiger charge is -2.32. The summed E-state index contributed by atoms with van der Waals surface area (Å²) in [5, 5.41) is 22.5. The highest BCUT2D eigenvalue weighted by atomic mass is 32.2. The molecular formula is C17H21N5O3S2. The molecule has 1 aromatic heterocycles. The maximum Gasteiger partial charge on any atom is 0.293 e. The molecule has 8 nitrogen and oxygen atoms in total. The average Bonchev–Trinajstić information content (AvgIpc) is 3.08. The number of carbonyl (C=O) groups is 1. The van der Waals surface area contributed by atoms with Gasteiger partial charge in [-0.2, -0.15) is 0 Å². The number of nitrogens with one attached hydrogen (secondary N) is 1. The first-order valence-electron chi connectivity index (χ1n) is 8.79. The Labute approximate surface area is 165 Å². The van der Waals surface area contributed by atoms with Crippen molar-refractivity contribution < 1.29 is 9.72 Å². The van der Waals surface area contributed by atoms with Crippen molar-refractivity contribution in [2.24, 2.45) is 5.92 Å². The van der Waals surface area contributed by atoms with Gasteiger partial charge in [0.05, 0.1) is 4.92 Å². The number of nitro benzene ring substituents is 1. The minimum Gasteiger partial charge on any atom is -0.366 e. The Kier molecular flexibility index (Phi) is 6.27. The number of nitro groups is 1. The van der Waals surface area contributed by atoms with Crippen LogP contribution in [0.25, 0.3) is 0 Å². The Morgan fingerprint density at radius 2 is 2.30 bits per heavy atom. The first-order chi connectivity index (χ1) is 13.0. The van der Waals surface area contributed by atoms with Crippen molar-refractivity contribution in [3.05, 3.63) is 33.9 Å². The van der Waals surface area contributed by atoms with Gasteiger partial charge in [-0.05, 0) is 36.6 Å². The summed E-state index contributed by atoms with van der Waals surface area (Å²) in [5.74, 6) is 0.931. The molecule has 0 radical (unpaired) electrons. The predicted molar refractivity (Wildman–Crippen MR) is 108 cm³/mol. The van der Waals surface area contributed by atoms with Gasteiger partial charge in [-0.1, -0.05) is 36.9 Å². The van der Waals surface area contributed by atoms with Crippen molar-refractivity contribution in [3.8, 4) is 0 Å². The summed E-state index contributed by atoms with van der Waals surface area (Å²) in [7, 11) is 0. The molecule has 1 N–H and O–H groups in total. The van der Waals surface area contributed by atoms with Crippen LogP contribution in [0.1, 0.15) is 37.0 Å². The molecule has 1 aliphatic rings. The van der Waals surface area contributed by atoms with Crippen LogP contribution in [0, 0.1) is 16.0 Å². The smallest absolute Gasteiger partial charge is 0.293 e. The van der Waals surface area contributed by atoms with Gasteiger partial charge in [-0.25, -0.2) is 0 Å². The number of anilines is 2. The molecule has 3 rings (SSSR count). The molecule has 0 bridgehead atoms. The summed E-state index contributed by atoms with van der Waals surface area (Å²) in [5.41, 5.74) is 0.757. The van der Waals surface area contributed by atoms with Crippen LogP contribution in [0.15, 0.2) is 22.5 Å². The van der Waals surface area contributed by atoms with Crippen molar-refractivity contribution in [1.82, 2.24) is 10.2 Å². The number of thioether (sulfide) groups is 1. The summed E-state index contributed by atoms with van der Waals surface area (Å²) in [6.07, 6.45) is 2.14. The van der Waals surface area contributed by atoms with E-state index in [1.807, 2.05) is 11.8 Å². The Hall–Kier alpha value is -2.20. The van der Waals surface area contributed by atoms with Gasteiger partial charge in [0.25, 0.3) is 11.6 Å². The molecule has 1 saturated heterocycles. The molecule has 0 spiro atoms. The Morgan fingerprint density at radius 3 is 3.00 bits per heavy atom. The van der Waals surface area contributed by atoms with Crippen LogP contribution in [0.4, 0.5) is 16.5 Å². The van der Waals surface area contributed by atoms with Crippen LogP contribution in [-0.2, 0) is 0 Å². The summed E-state index contributed by atoms with van der Waals surface area (Å²) in [4.78, 5) is 25.7. The molecular weight excluding hydrogens is 386 g/mol. The lowest BCUT2D eigenvalue weighted by atomic mass is 9.99. The SMILES string of the molecule is CCSc1nnc(NC(=O)c2ccc(N3CCC[C@@H](C)C3)c([N+](=O)[O-])c2)s1. The van der Waals surface area contributed by atoms with Gasteiger partial charge in [-0.3, -0.25) is 20.2 Å². The molecule has 1 amide bonds. The number of benzene rings is 1. The van der Waals surface area contributed by atoms with E-state index in [2.05, 4.69) is 22.4 Å². The first-order valence-corrected chi connectivity index (χ1v) is 10.6. The van der Waals surface area contributed by atoms with E-state index in [1.165, 1.54) is 17.4 Å². The van der Waals surface area contributed by atoms with Crippen LogP contribution in [0.2, 0.25) is 0 Å². The van der Waals surface area contributed by atoms with E-state index in [4.69, 9.17) is 0 Å². The zero-order chi connectivity index (χ0) is 19.4. The normalized spacial score (nSPS) is 17.0. The highest BCUT2D eigenvalue weighted by molar-refractivity contribution is 8.01. The molecule has 144 valence electrons. The Balaban J connectivity index is 1.80. The second-order valence-corrected chi connectivity index (χ2v) is 8.90. The average molecular weight is 408 g/mol. The topological polar surface area (TPSA) is 101 Å². The van der Waals surface area contributed by atoms with E-state index >= 15 is 0 Å². The van der Waals surface area contributed by atoms with E-state index in [9.17, 15) is 14.9 Å². The third-order valence-corrected chi connectivity index (χ3v) is 6.18. The largest absolute Gasteiger partial charge is 0.366 e. The van der Waals surface area contributed by atoms with E-state index in [1.54, 1.807) is 23.9 Å². The number of amides is 1. The molecule has 1 atom stereocenters. The Bertz CT molecular complexity index is 842. The minimum atomic E-state index is -0.430. The van der Waals surface area contributed by atoms with Gasteiger partial charge in [0, 0.05) is 24.7 Å². The van der Waals surface area contributed by atoms with Crippen LogP contribution in [0.3, 0.4) is 0 Å². The number of hydrogen-bond donors (Lipinski definition) is 1. The summed E-state index contributed by atoms with van der Waals surface area (Å²) in [6.45, 7) is 5.73. The summed E-state index contributed by atoms with van der Waals surface area (Å²) in [6, 6.07) is 4.63. The monoisotopic (exact) mass is 407 g/mol. The van der Waals surface area contributed by atoms with Gasteiger partial charge < -0.3 is 4.90 Å². The third-order valence-electron chi connectivity index (χ3n) is 4.33. The maximum atomic E-state index is 12.5. The molecule has 2 heterocycles. The van der Waals surface area contributed by atoms with Crippen LogP contribution >= 0.6 is 23.1 Å². The van der Waals surface area contributed by atoms with Gasteiger partial charge in [-0.15, -0.1) is 10.2 Å². The van der Waals surface area contributed by atoms with Crippen molar-refractivity contribution in [1.29, 1.82) is 0 Å². The quantitative estimate of drug-likeness (QED) is 0.334. The molecule has 2 aromatic rings. The number of hydrogen-bond acceptors (Lipinski definition) is 8. The molecule has 0 saturated carbocycles. The number of nitrogens with zero attached hydrogens (tertiary/aromatic N) is 4. The predicted octanol–water partition coefficient (Wildman–Crippen LogP) is 4.05. The standard InChI is InChI=1S/C17H21N5O3S2/c1-3-26-17-20-19-16(27-17)18-15(23)12-6-7-13(14(9-12)22(24)25)21-8-4-5-11(2)10-21/h6-7,9,11H,3-5,8,10H2,1-2H3,(H,18,19,23)/t11-/m1/s1. The van der Waals surface area contributed by atoms with Crippen LogP contribution in [0.5, 0.6) is 0 Å². The third kappa shape index (κ3) is 4.75. The zero-order valence-corrected chi connectivity index (χ0v) is 16.8. The van der Waals surface area contributed by atoms with Crippen molar-refractivity contribution in [3.63, 3.8) is 0 Å². The molecule has 0 unspecified atom stereocenters. The van der Waals surface area contributed by atoms with Crippen LogP contribution in [-0.4, -0.2) is 39.9 Å². The second-order valence-electron chi connectivity index (χ2n) is 6.41. The fraction of sp³-hybridized carbons (Fsp3) is 0.471. The maximum absolute atomic E-state index is 12.5. The van der Waals surface area contributed by atoms with E-state index in [-0.39, 0.29) is 11.3 Å². The Morgan fingerprint density at radius 1 is 1.48 bits per heavy atom. The molecule has 10 heteroatoms. The van der Waals surface area contributed by atoms with Gasteiger partial charge in [0.1, 0.15) is 5.69 Å². The molecule has 1 fully saturated rings. The molecule has 0 aliphatic carbocycles. The van der Waals surface area contributed by atoms with Crippen molar-refractivity contribution in [2.45, 2.75) is 31.0 Å². The lowest BCUT2D eigenvalue weighted by molar-refractivity contribution is -0.384. The fourth-order valence-electron chi connectivity index (χ4n) is 3.10. The van der Waals surface area contributed by atoms with E-state index in [0.717, 1.165) is 36.0 Å². The van der Waals surface area contributed by atoms with Crippen molar-refractivity contribution in [2.75, 3.05) is 29.1 Å². The van der Waals surface area contributed by atoms with Crippen LogP contribution < -0.4 is 10.2 Å². The van der Waals surface area contributed by atoms with E-state index < -0.39 is 10.8 Å².